The van der Waals surface area contributed by atoms with Gasteiger partial charge in [0.15, 0.2) is 0 Å². The van der Waals surface area contributed by atoms with Gasteiger partial charge in [-0.1, -0.05) is 55.8 Å². The van der Waals surface area contributed by atoms with Gasteiger partial charge in [0.1, 0.15) is 18.3 Å². The van der Waals surface area contributed by atoms with Gasteiger partial charge >= 0.3 is 0 Å². The second kappa shape index (κ2) is 14.2. The molecule has 0 saturated carbocycles. The summed E-state index contributed by atoms with van der Waals surface area (Å²) in [6, 6.07) is 19.9. The van der Waals surface area contributed by atoms with Crippen molar-refractivity contribution in [2.45, 2.75) is 59.0 Å². The van der Waals surface area contributed by atoms with Crippen molar-refractivity contribution in [1.82, 2.24) is 10.2 Å². The first-order valence-electron chi connectivity index (χ1n) is 13.9. The SMILES string of the molecule is CCOc1ccc(N(CC(=O)N(Cc2ccccc2C)[C@H](C)C(=O)NCC(C)C)S(=O)(=O)c2ccc(C)cc2)cc1. The van der Waals surface area contributed by atoms with Gasteiger partial charge in [0.25, 0.3) is 10.0 Å². The van der Waals surface area contributed by atoms with Gasteiger partial charge in [-0.05, 0) is 81.1 Å². The molecule has 0 aliphatic heterocycles. The van der Waals surface area contributed by atoms with Crippen LogP contribution in [0.5, 0.6) is 5.75 Å². The Morgan fingerprint density at radius 3 is 2.12 bits per heavy atom. The van der Waals surface area contributed by atoms with Gasteiger partial charge < -0.3 is 15.0 Å². The lowest BCUT2D eigenvalue weighted by molar-refractivity contribution is -0.139. The average molecular weight is 580 g/mol. The number of ether oxygens (including phenoxy) is 1. The zero-order valence-corrected chi connectivity index (χ0v) is 25.6. The van der Waals surface area contributed by atoms with E-state index in [1.54, 1.807) is 43.3 Å². The molecule has 0 saturated heterocycles. The number of rotatable bonds is 13. The molecule has 3 aromatic rings. The third-order valence-electron chi connectivity index (χ3n) is 6.78. The molecule has 0 heterocycles. The number of nitrogens with one attached hydrogen (secondary N) is 1. The number of carbonyl (C=O) groups is 2. The summed E-state index contributed by atoms with van der Waals surface area (Å²) in [5.41, 5.74) is 3.07. The predicted octanol–water partition coefficient (Wildman–Crippen LogP) is 5.09. The van der Waals surface area contributed by atoms with E-state index in [0.717, 1.165) is 21.0 Å². The van der Waals surface area contributed by atoms with Crippen LogP contribution in [0.1, 0.15) is 44.4 Å². The first-order chi connectivity index (χ1) is 19.4. The number of hydrogen-bond acceptors (Lipinski definition) is 5. The normalized spacial score (nSPS) is 12.1. The molecule has 1 atom stereocenters. The van der Waals surface area contributed by atoms with Crippen LogP contribution in [0.3, 0.4) is 0 Å². The summed E-state index contributed by atoms with van der Waals surface area (Å²) in [6.45, 7) is 11.9. The van der Waals surface area contributed by atoms with E-state index >= 15 is 0 Å². The third-order valence-corrected chi connectivity index (χ3v) is 8.57. The van der Waals surface area contributed by atoms with E-state index in [9.17, 15) is 18.0 Å². The van der Waals surface area contributed by atoms with Crippen molar-refractivity contribution in [3.63, 3.8) is 0 Å². The Morgan fingerprint density at radius 1 is 0.902 bits per heavy atom. The molecule has 8 nitrogen and oxygen atoms in total. The molecule has 0 radical (unpaired) electrons. The fourth-order valence-corrected chi connectivity index (χ4v) is 5.66. The fourth-order valence-electron chi connectivity index (χ4n) is 4.25. The lowest BCUT2D eigenvalue weighted by Crippen LogP contribution is -2.51. The van der Waals surface area contributed by atoms with Gasteiger partial charge in [-0.2, -0.15) is 0 Å². The number of hydrogen-bond donors (Lipinski definition) is 1. The minimum atomic E-state index is -4.13. The summed E-state index contributed by atoms with van der Waals surface area (Å²) < 4.78 is 34.5. The Balaban J connectivity index is 2.03. The molecule has 2 amide bonds. The number of amides is 2. The molecule has 0 spiro atoms. The first-order valence-corrected chi connectivity index (χ1v) is 15.3. The summed E-state index contributed by atoms with van der Waals surface area (Å²) >= 11 is 0. The van der Waals surface area contributed by atoms with Crippen molar-refractivity contribution in [1.29, 1.82) is 0 Å². The van der Waals surface area contributed by atoms with Gasteiger partial charge in [-0.15, -0.1) is 0 Å². The monoisotopic (exact) mass is 579 g/mol. The van der Waals surface area contributed by atoms with Crippen molar-refractivity contribution >= 4 is 27.5 Å². The molecular formula is C32H41N3O5S. The number of nitrogens with zero attached hydrogens (tertiary/aromatic N) is 2. The lowest BCUT2D eigenvalue weighted by Gasteiger charge is -2.32. The molecule has 9 heteroatoms. The average Bonchev–Trinajstić information content (AvgIpc) is 2.94. The summed E-state index contributed by atoms with van der Waals surface area (Å²) in [7, 11) is -4.13. The highest BCUT2D eigenvalue weighted by Gasteiger charge is 2.32. The van der Waals surface area contributed by atoms with E-state index < -0.39 is 28.5 Å². The van der Waals surface area contributed by atoms with E-state index in [-0.39, 0.29) is 23.3 Å². The Labute approximate surface area is 244 Å². The van der Waals surface area contributed by atoms with E-state index in [2.05, 4.69) is 5.32 Å². The molecule has 0 unspecified atom stereocenters. The van der Waals surface area contributed by atoms with Crippen LogP contribution in [-0.2, 0) is 26.2 Å². The van der Waals surface area contributed by atoms with Crippen LogP contribution in [-0.4, -0.2) is 50.9 Å². The Kier molecular flexibility index (Phi) is 10.9. The molecular weight excluding hydrogens is 538 g/mol. The fraction of sp³-hybridized carbons (Fsp3) is 0.375. The van der Waals surface area contributed by atoms with Crippen LogP contribution in [0.4, 0.5) is 5.69 Å². The van der Waals surface area contributed by atoms with Crippen LogP contribution < -0.4 is 14.4 Å². The van der Waals surface area contributed by atoms with E-state index in [1.807, 2.05) is 58.9 Å². The Bertz CT molecular complexity index is 1420. The van der Waals surface area contributed by atoms with E-state index in [0.29, 0.717) is 24.6 Å². The van der Waals surface area contributed by atoms with E-state index in [4.69, 9.17) is 4.74 Å². The van der Waals surface area contributed by atoms with Gasteiger partial charge in [-0.25, -0.2) is 8.42 Å². The molecule has 0 bridgehead atoms. The van der Waals surface area contributed by atoms with Gasteiger partial charge in [0.2, 0.25) is 11.8 Å². The lowest BCUT2D eigenvalue weighted by atomic mass is 10.1. The van der Waals surface area contributed by atoms with Gasteiger partial charge in [0.05, 0.1) is 17.2 Å². The number of sulfonamides is 1. The minimum absolute atomic E-state index is 0.0676. The summed E-state index contributed by atoms with van der Waals surface area (Å²) in [4.78, 5) is 28.7. The number of aryl methyl sites for hydroxylation is 2. The van der Waals surface area contributed by atoms with Crippen molar-refractivity contribution in [3.8, 4) is 5.75 Å². The summed E-state index contributed by atoms with van der Waals surface area (Å²) in [6.07, 6.45) is 0. The van der Waals surface area contributed by atoms with Crippen molar-refractivity contribution < 1.29 is 22.7 Å². The number of benzene rings is 3. The zero-order chi connectivity index (χ0) is 30.2. The second-order valence-corrected chi connectivity index (χ2v) is 12.4. The molecule has 0 aliphatic rings. The molecule has 0 fully saturated rings. The Morgan fingerprint density at radius 2 is 1.54 bits per heavy atom. The standard InChI is InChI=1S/C32H41N3O5S/c1-7-40-29-16-14-28(15-17-29)35(41(38,39)30-18-12-24(4)13-19-30)22-31(36)34(21-27-11-9-8-10-25(27)5)26(6)32(37)33-20-23(2)3/h8-19,23,26H,7,20-22H2,1-6H3,(H,33,37)/t26-/m1/s1. The van der Waals surface area contributed by atoms with Crippen molar-refractivity contribution in [2.75, 3.05) is 24.0 Å². The summed E-state index contributed by atoms with van der Waals surface area (Å²) in [5.74, 6) is 0.0352. The molecule has 0 aromatic heterocycles. The maximum absolute atomic E-state index is 14.0. The van der Waals surface area contributed by atoms with Gasteiger partial charge in [0, 0.05) is 13.1 Å². The van der Waals surface area contributed by atoms with Gasteiger partial charge in [-0.3, -0.25) is 13.9 Å². The van der Waals surface area contributed by atoms with Crippen molar-refractivity contribution in [2.24, 2.45) is 5.92 Å². The molecule has 0 aliphatic carbocycles. The molecule has 220 valence electrons. The topological polar surface area (TPSA) is 96.0 Å². The molecule has 41 heavy (non-hydrogen) atoms. The minimum Gasteiger partial charge on any atom is -0.494 e. The maximum Gasteiger partial charge on any atom is 0.264 e. The highest BCUT2D eigenvalue weighted by Crippen LogP contribution is 2.27. The number of anilines is 1. The van der Waals surface area contributed by atoms with E-state index in [1.165, 1.54) is 17.0 Å². The highest BCUT2D eigenvalue weighted by atomic mass is 32.2. The molecule has 3 rings (SSSR count). The molecule has 3 aromatic carbocycles. The predicted molar refractivity (Wildman–Crippen MR) is 162 cm³/mol. The second-order valence-electron chi connectivity index (χ2n) is 10.5. The van der Waals surface area contributed by atoms with Crippen LogP contribution in [0, 0.1) is 19.8 Å². The quantitative estimate of drug-likeness (QED) is 0.305. The van der Waals surface area contributed by atoms with Crippen LogP contribution in [0.2, 0.25) is 0 Å². The van der Waals surface area contributed by atoms with Crippen LogP contribution in [0.15, 0.2) is 77.7 Å². The highest BCUT2D eigenvalue weighted by molar-refractivity contribution is 7.92. The zero-order valence-electron chi connectivity index (χ0n) is 24.8. The molecule has 1 N–H and O–H groups in total. The van der Waals surface area contributed by atoms with Crippen molar-refractivity contribution in [3.05, 3.63) is 89.5 Å². The third kappa shape index (κ3) is 8.33. The largest absolute Gasteiger partial charge is 0.494 e. The maximum atomic E-state index is 14.0. The first kappa shape index (κ1) is 31.7. The number of carbonyl (C=O) groups excluding carboxylic acids is 2. The van der Waals surface area contributed by atoms with Crippen LogP contribution in [0.25, 0.3) is 0 Å². The smallest absolute Gasteiger partial charge is 0.264 e. The summed E-state index contributed by atoms with van der Waals surface area (Å²) in [5, 5.41) is 2.90. The van der Waals surface area contributed by atoms with Crippen LogP contribution >= 0.6 is 0 Å². The Hall–Kier alpha value is -3.85.